The van der Waals surface area contributed by atoms with E-state index in [2.05, 4.69) is 19.7 Å². The van der Waals surface area contributed by atoms with Gasteiger partial charge in [-0.15, -0.1) is 19.7 Å². The molecule has 0 saturated carbocycles. The molecule has 6 nitrogen and oxygen atoms in total. The lowest BCUT2D eigenvalue weighted by Crippen LogP contribution is -2.54. The topological polar surface area (TPSA) is 66.0 Å². The van der Waals surface area contributed by atoms with Gasteiger partial charge in [0.2, 0.25) is 0 Å². The fraction of sp³-hybridized carbons (Fsp3) is 0.500. The van der Waals surface area contributed by atoms with E-state index in [1.54, 1.807) is 18.2 Å². The SMILES string of the molecule is C=CCCCCn1c(=O)n(CCC=C)c(=O)n(CCCC=C)c1=O. The number of nitrogens with zero attached hydrogens (tertiary/aromatic N) is 3. The van der Waals surface area contributed by atoms with Crippen molar-refractivity contribution in [1.82, 2.24) is 13.7 Å². The molecule has 1 heterocycles. The van der Waals surface area contributed by atoms with E-state index in [-0.39, 0.29) is 13.1 Å². The maximum atomic E-state index is 12.5. The fourth-order valence-electron chi connectivity index (χ4n) is 2.43. The molecule has 0 amide bonds. The van der Waals surface area contributed by atoms with Crippen molar-refractivity contribution < 1.29 is 0 Å². The Bertz CT molecular complexity index is 737. The Morgan fingerprint density at radius 3 is 1.50 bits per heavy atom. The summed E-state index contributed by atoms with van der Waals surface area (Å²) in [6.45, 7) is 11.7. The number of hydrogen-bond acceptors (Lipinski definition) is 3. The van der Waals surface area contributed by atoms with E-state index in [1.165, 1.54) is 4.57 Å². The molecule has 0 N–H and O–H groups in total. The Hall–Kier alpha value is -2.37. The average Bonchev–Trinajstić information content (AvgIpc) is 2.57. The van der Waals surface area contributed by atoms with Crippen molar-refractivity contribution in [3.63, 3.8) is 0 Å². The molecule has 0 aliphatic carbocycles. The molecule has 1 aromatic rings. The number of aromatic nitrogens is 3. The molecule has 0 spiro atoms. The van der Waals surface area contributed by atoms with Gasteiger partial charge >= 0.3 is 17.1 Å². The summed E-state index contributed by atoms with van der Waals surface area (Å²) in [6.07, 6.45) is 9.40. The van der Waals surface area contributed by atoms with Gasteiger partial charge in [0.25, 0.3) is 0 Å². The monoisotopic (exact) mass is 333 g/mol. The number of rotatable bonds is 12. The molecule has 0 bridgehead atoms. The zero-order valence-corrected chi connectivity index (χ0v) is 14.3. The van der Waals surface area contributed by atoms with Gasteiger partial charge in [-0.2, -0.15) is 0 Å². The maximum Gasteiger partial charge on any atom is 0.336 e. The summed E-state index contributed by atoms with van der Waals surface area (Å²) in [5.41, 5.74) is -1.61. The van der Waals surface area contributed by atoms with E-state index in [9.17, 15) is 14.4 Å². The van der Waals surface area contributed by atoms with Crippen LogP contribution in [0.15, 0.2) is 52.3 Å². The first kappa shape index (κ1) is 19.7. The molecule has 1 rings (SSSR count). The van der Waals surface area contributed by atoms with E-state index in [1.807, 2.05) is 0 Å². The van der Waals surface area contributed by atoms with Crippen LogP contribution in [0.5, 0.6) is 0 Å². The molecule has 0 unspecified atom stereocenters. The van der Waals surface area contributed by atoms with Crippen LogP contribution in [0.1, 0.15) is 38.5 Å². The van der Waals surface area contributed by atoms with Crippen LogP contribution in [0.2, 0.25) is 0 Å². The molecular formula is C18H27N3O3. The van der Waals surface area contributed by atoms with Gasteiger partial charge in [-0.1, -0.05) is 18.2 Å². The molecular weight excluding hydrogens is 306 g/mol. The van der Waals surface area contributed by atoms with Crippen molar-refractivity contribution in [3.8, 4) is 0 Å². The Morgan fingerprint density at radius 2 is 1.00 bits per heavy atom. The minimum atomic E-state index is -0.543. The summed E-state index contributed by atoms with van der Waals surface area (Å²) in [4.78, 5) is 37.5. The van der Waals surface area contributed by atoms with E-state index in [4.69, 9.17) is 0 Å². The molecule has 0 aliphatic rings. The maximum absolute atomic E-state index is 12.5. The largest absolute Gasteiger partial charge is 0.336 e. The second-order valence-corrected chi connectivity index (χ2v) is 5.60. The first-order valence-corrected chi connectivity index (χ1v) is 8.35. The Kier molecular flexibility index (Phi) is 8.54. The highest BCUT2D eigenvalue weighted by Gasteiger charge is 2.14. The van der Waals surface area contributed by atoms with Gasteiger partial charge in [-0.25, -0.2) is 28.1 Å². The van der Waals surface area contributed by atoms with Gasteiger partial charge in [-0.3, -0.25) is 0 Å². The van der Waals surface area contributed by atoms with E-state index in [0.717, 1.165) is 22.0 Å². The van der Waals surface area contributed by atoms with Crippen molar-refractivity contribution in [1.29, 1.82) is 0 Å². The minimum absolute atomic E-state index is 0.232. The van der Waals surface area contributed by atoms with Crippen molar-refractivity contribution in [2.24, 2.45) is 0 Å². The molecule has 0 aromatic carbocycles. The van der Waals surface area contributed by atoms with Crippen molar-refractivity contribution in [3.05, 3.63) is 69.4 Å². The minimum Gasteiger partial charge on any atom is -0.247 e. The first-order chi connectivity index (χ1) is 11.6. The van der Waals surface area contributed by atoms with E-state index < -0.39 is 17.1 Å². The summed E-state index contributed by atoms with van der Waals surface area (Å²) in [7, 11) is 0. The molecule has 24 heavy (non-hydrogen) atoms. The molecule has 0 aliphatic heterocycles. The van der Waals surface area contributed by atoms with Crippen LogP contribution in [0.3, 0.4) is 0 Å². The van der Waals surface area contributed by atoms with Crippen LogP contribution >= 0.6 is 0 Å². The molecule has 0 saturated heterocycles. The quantitative estimate of drug-likeness (QED) is 0.434. The molecule has 6 heteroatoms. The Morgan fingerprint density at radius 1 is 0.583 bits per heavy atom. The van der Waals surface area contributed by atoms with E-state index >= 15 is 0 Å². The van der Waals surface area contributed by atoms with Crippen LogP contribution < -0.4 is 17.1 Å². The zero-order valence-electron chi connectivity index (χ0n) is 14.3. The van der Waals surface area contributed by atoms with Crippen LogP contribution in [0.25, 0.3) is 0 Å². The lowest BCUT2D eigenvalue weighted by atomic mass is 10.2. The summed E-state index contributed by atoms with van der Waals surface area (Å²) in [6, 6.07) is 0. The second kappa shape index (κ2) is 10.4. The van der Waals surface area contributed by atoms with Crippen LogP contribution in [-0.2, 0) is 19.6 Å². The second-order valence-electron chi connectivity index (χ2n) is 5.60. The van der Waals surface area contributed by atoms with Crippen molar-refractivity contribution in [2.45, 2.75) is 58.2 Å². The van der Waals surface area contributed by atoms with Gasteiger partial charge in [-0.05, 0) is 38.5 Å². The summed E-state index contributed by atoms with van der Waals surface area (Å²) in [5.74, 6) is 0. The highest BCUT2D eigenvalue weighted by Crippen LogP contribution is 1.97. The van der Waals surface area contributed by atoms with Gasteiger partial charge in [0.1, 0.15) is 0 Å². The normalized spacial score (nSPS) is 10.5. The number of unbranched alkanes of at least 4 members (excludes halogenated alkanes) is 3. The Balaban J connectivity index is 3.25. The summed E-state index contributed by atoms with van der Waals surface area (Å²) >= 11 is 0. The zero-order chi connectivity index (χ0) is 17.9. The molecule has 0 atom stereocenters. The molecule has 0 fully saturated rings. The standard InChI is InChI=1S/C18H27N3O3/c1-4-7-10-12-15-21-17(23)19(13-9-6-3)16(22)20(18(21)24)14-11-8-5-2/h4-6H,1-3,7-15H2. The first-order valence-electron chi connectivity index (χ1n) is 8.35. The third kappa shape index (κ3) is 5.08. The van der Waals surface area contributed by atoms with Crippen LogP contribution in [-0.4, -0.2) is 13.7 Å². The third-order valence-electron chi connectivity index (χ3n) is 3.77. The van der Waals surface area contributed by atoms with Gasteiger partial charge in [0, 0.05) is 19.6 Å². The van der Waals surface area contributed by atoms with Gasteiger partial charge in [0.05, 0.1) is 0 Å². The van der Waals surface area contributed by atoms with Crippen LogP contribution in [0, 0.1) is 0 Å². The van der Waals surface area contributed by atoms with Crippen molar-refractivity contribution in [2.75, 3.05) is 0 Å². The molecule has 1 aromatic heterocycles. The van der Waals surface area contributed by atoms with E-state index in [0.29, 0.717) is 32.2 Å². The highest BCUT2D eigenvalue weighted by atomic mass is 16.2. The molecule has 0 radical (unpaired) electrons. The smallest absolute Gasteiger partial charge is 0.247 e. The van der Waals surface area contributed by atoms with Gasteiger partial charge in [0.15, 0.2) is 0 Å². The average molecular weight is 333 g/mol. The van der Waals surface area contributed by atoms with Crippen molar-refractivity contribution >= 4 is 0 Å². The predicted molar refractivity (Wildman–Crippen MR) is 97.5 cm³/mol. The lowest BCUT2D eigenvalue weighted by molar-refractivity contribution is 0.431. The predicted octanol–water partition coefficient (Wildman–Crippen LogP) is 2.07. The number of allylic oxidation sites excluding steroid dienone is 3. The third-order valence-corrected chi connectivity index (χ3v) is 3.77. The van der Waals surface area contributed by atoms with Crippen LogP contribution in [0.4, 0.5) is 0 Å². The molecule has 132 valence electrons. The lowest BCUT2D eigenvalue weighted by Gasteiger charge is -2.13. The summed E-state index contributed by atoms with van der Waals surface area (Å²) < 4.78 is 3.45. The Labute approximate surface area is 142 Å². The number of hydrogen-bond donors (Lipinski definition) is 0. The highest BCUT2D eigenvalue weighted by molar-refractivity contribution is 4.81. The fourth-order valence-corrected chi connectivity index (χ4v) is 2.43. The summed E-state index contributed by atoms with van der Waals surface area (Å²) in [5, 5.41) is 0. The van der Waals surface area contributed by atoms with Gasteiger partial charge < -0.3 is 0 Å².